The van der Waals surface area contributed by atoms with Crippen molar-refractivity contribution in [2.24, 2.45) is 0 Å². The van der Waals surface area contributed by atoms with Gasteiger partial charge in [0.15, 0.2) is 21.3 Å². The zero-order valence-electron chi connectivity index (χ0n) is 17.1. The number of anilines is 1. The van der Waals surface area contributed by atoms with Gasteiger partial charge < -0.3 is 14.8 Å². The predicted octanol–water partition coefficient (Wildman–Crippen LogP) is 4.00. The van der Waals surface area contributed by atoms with Gasteiger partial charge in [-0.3, -0.25) is 4.68 Å². The predicted molar refractivity (Wildman–Crippen MR) is 126 cm³/mol. The summed E-state index contributed by atoms with van der Waals surface area (Å²) in [6.45, 7) is 0.695. The molecule has 1 aliphatic heterocycles. The van der Waals surface area contributed by atoms with Gasteiger partial charge in [0.1, 0.15) is 10.7 Å². The zero-order chi connectivity index (χ0) is 22.3. The minimum atomic E-state index is -3.23. The molecular formula is C23H19N3O4S2. The van der Waals surface area contributed by atoms with Gasteiger partial charge in [-0.15, -0.1) is 0 Å². The number of fused-ring (bicyclic) bond motifs is 2. The molecule has 0 saturated heterocycles. The third kappa shape index (κ3) is 3.92. The van der Waals surface area contributed by atoms with Crippen LogP contribution in [0.1, 0.15) is 11.3 Å². The number of rotatable bonds is 5. The van der Waals surface area contributed by atoms with E-state index in [0.29, 0.717) is 33.6 Å². The van der Waals surface area contributed by atoms with E-state index in [1.165, 1.54) is 6.26 Å². The van der Waals surface area contributed by atoms with Crippen LogP contribution in [-0.4, -0.2) is 36.2 Å². The topological polar surface area (TPSA) is 82.5 Å². The van der Waals surface area contributed by atoms with E-state index < -0.39 is 9.84 Å². The fourth-order valence-electron chi connectivity index (χ4n) is 3.60. The van der Waals surface area contributed by atoms with Crippen LogP contribution < -0.4 is 14.8 Å². The second-order valence-corrected chi connectivity index (χ2v) is 9.89. The van der Waals surface area contributed by atoms with Crippen LogP contribution in [0.4, 0.5) is 5.69 Å². The van der Waals surface area contributed by atoms with Gasteiger partial charge in [0.2, 0.25) is 6.79 Å². The highest BCUT2D eigenvalue weighted by Gasteiger charge is 2.17. The number of aromatic nitrogens is 2. The number of hydrogen-bond acceptors (Lipinski definition) is 6. The lowest BCUT2D eigenvalue weighted by Gasteiger charge is -2.07. The molecule has 0 fully saturated rings. The maximum absolute atomic E-state index is 11.7. The number of para-hydroxylation sites is 1. The van der Waals surface area contributed by atoms with Crippen molar-refractivity contribution < 1.29 is 17.9 Å². The van der Waals surface area contributed by atoms with Crippen LogP contribution in [0.25, 0.3) is 10.9 Å². The minimum absolute atomic E-state index is 0.212. The van der Waals surface area contributed by atoms with Gasteiger partial charge >= 0.3 is 0 Å². The summed E-state index contributed by atoms with van der Waals surface area (Å²) in [7, 11) is -3.23. The van der Waals surface area contributed by atoms with Gasteiger partial charge in [-0.05, 0) is 35.9 Å². The van der Waals surface area contributed by atoms with Gasteiger partial charge in [0.25, 0.3) is 0 Å². The summed E-state index contributed by atoms with van der Waals surface area (Å²) in [6, 6.07) is 20.3. The monoisotopic (exact) mass is 465 g/mol. The number of nitrogens with zero attached hydrogens (tertiary/aromatic N) is 2. The summed E-state index contributed by atoms with van der Waals surface area (Å²) < 4.78 is 36.1. The molecule has 2 heterocycles. The van der Waals surface area contributed by atoms with Gasteiger partial charge in [-0.25, -0.2) is 8.42 Å². The van der Waals surface area contributed by atoms with E-state index in [9.17, 15) is 8.42 Å². The van der Waals surface area contributed by atoms with Gasteiger partial charge in [0, 0.05) is 23.4 Å². The van der Waals surface area contributed by atoms with Crippen LogP contribution in [0.2, 0.25) is 0 Å². The summed E-state index contributed by atoms with van der Waals surface area (Å²) in [4.78, 5) is 0.785. The standard InChI is InChI=1S/C23H19N3O4S2/c1-32(27,28)17-9-6-15(7-10-17)13-26-19-5-3-2-4-18(19)22(25-26)23(31)24-16-8-11-20-21(12-16)30-14-29-20/h2-12H,13-14H2,1H3,(H,24,31). The first-order valence-corrected chi connectivity index (χ1v) is 12.1. The number of ether oxygens (including phenoxy) is 2. The normalized spacial score (nSPS) is 12.8. The second-order valence-electron chi connectivity index (χ2n) is 7.46. The maximum Gasteiger partial charge on any atom is 0.231 e. The van der Waals surface area contributed by atoms with Gasteiger partial charge in [0.05, 0.1) is 17.0 Å². The fourth-order valence-corrected chi connectivity index (χ4v) is 4.49. The molecule has 0 unspecified atom stereocenters. The van der Waals surface area contributed by atoms with E-state index in [2.05, 4.69) is 5.32 Å². The van der Waals surface area contributed by atoms with E-state index in [4.69, 9.17) is 26.8 Å². The molecule has 0 atom stereocenters. The quantitative estimate of drug-likeness (QED) is 0.446. The van der Waals surface area contributed by atoms with Crippen molar-refractivity contribution in [3.8, 4) is 11.5 Å². The van der Waals surface area contributed by atoms with E-state index in [1.54, 1.807) is 24.3 Å². The molecule has 162 valence electrons. The molecule has 0 saturated carbocycles. The number of nitrogens with one attached hydrogen (secondary N) is 1. The maximum atomic E-state index is 11.7. The largest absolute Gasteiger partial charge is 0.454 e. The van der Waals surface area contributed by atoms with Gasteiger partial charge in [-0.1, -0.05) is 42.5 Å². The van der Waals surface area contributed by atoms with Crippen molar-refractivity contribution in [1.82, 2.24) is 9.78 Å². The third-order valence-corrected chi connectivity index (χ3v) is 6.61. The summed E-state index contributed by atoms with van der Waals surface area (Å²) in [5.41, 5.74) is 3.33. The van der Waals surface area contributed by atoms with E-state index in [-0.39, 0.29) is 6.79 Å². The summed E-state index contributed by atoms with van der Waals surface area (Å²) in [6.07, 6.45) is 1.20. The Morgan fingerprint density at radius 3 is 2.59 bits per heavy atom. The Morgan fingerprint density at radius 2 is 1.81 bits per heavy atom. The van der Waals surface area contributed by atoms with Crippen LogP contribution in [0.5, 0.6) is 11.5 Å². The smallest absolute Gasteiger partial charge is 0.231 e. The van der Waals surface area contributed by atoms with Crippen molar-refractivity contribution in [3.05, 3.63) is 78.0 Å². The summed E-state index contributed by atoms with van der Waals surface area (Å²) >= 11 is 5.67. The molecule has 0 amide bonds. The zero-order valence-corrected chi connectivity index (χ0v) is 18.7. The summed E-state index contributed by atoms with van der Waals surface area (Å²) in [5, 5.41) is 8.93. The van der Waals surface area contributed by atoms with Crippen molar-refractivity contribution in [2.75, 3.05) is 18.4 Å². The molecule has 5 rings (SSSR count). The first-order valence-electron chi connectivity index (χ1n) is 9.84. The first kappa shape index (κ1) is 20.5. The molecule has 1 aromatic heterocycles. The Balaban J connectivity index is 1.44. The van der Waals surface area contributed by atoms with Gasteiger partial charge in [-0.2, -0.15) is 5.10 Å². The van der Waals surface area contributed by atoms with Crippen molar-refractivity contribution >= 4 is 43.6 Å². The molecule has 1 aliphatic rings. The molecule has 32 heavy (non-hydrogen) atoms. The lowest BCUT2D eigenvalue weighted by atomic mass is 10.2. The Bertz CT molecular complexity index is 1440. The highest BCUT2D eigenvalue weighted by atomic mass is 32.2. The molecule has 0 bridgehead atoms. The van der Waals surface area contributed by atoms with Crippen LogP contribution in [-0.2, 0) is 16.4 Å². The minimum Gasteiger partial charge on any atom is -0.454 e. The highest BCUT2D eigenvalue weighted by Crippen LogP contribution is 2.34. The number of hydrogen-bond donors (Lipinski definition) is 1. The van der Waals surface area contributed by atoms with Crippen LogP contribution in [0, 0.1) is 0 Å². The van der Waals surface area contributed by atoms with E-state index >= 15 is 0 Å². The Hall–Kier alpha value is -3.43. The van der Waals surface area contributed by atoms with Crippen LogP contribution in [0.15, 0.2) is 71.6 Å². The Labute approximate surface area is 190 Å². The molecule has 7 nitrogen and oxygen atoms in total. The Kier molecular flexibility index (Phi) is 5.07. The van der Waals surface area contributed by atoms with Crippen LogP contribution in [0.3, 0.4) is 0 Å². The number of sulfone groups is 1. The average molecular weight is 466 g/mol. The van der Waals surface area contributed by atoms with Crippen LogP contribution >= 0.6 is 12.2 Å². The Morgan fingerprint density at radius 1 is 1.06 bits per heavy atom. The van der Waals surface area contributed by atoms with E-state index in [0.717, 1.165) is 22.2 Å². The van der Waals surface area contributed by atoms with E-state index in [1.807, 2.05) is 47.1 Å². The molecule has 3 aromatic carbocycles. The average Bonchev–Trinajstić information content (AvgIpc) is 3.38. The lowest BCUT2D eigenvalue weighted by Crippen LogP contribution is -2.12. The lowest BCUT2D eigenvalue weighted by molar-refractivity contribution is 0.174. The molecule has 1 N–H and O–H groups in total. The molecule has 0 spiro atoms. The fraction of sp³-hybridized carbons (Fsp3) is 0.130. The third-order valence-electron chi connectivity index (χ3n) is 5.19. The SMILES string of the molecule is CS(=O)(=O)c1ccc(Cn2nc(C(=S)Nc3ccc4c(c3)OCO4)c3ccccc32)cc1. The molecule has 4 aromatic rings. The summed E-state index contributed by atoms with van der Waals surface area (Å²) in [5.74, 6) is 1.38. The molecule has 9 heteroatoms. The first-order chi connectivity index (χ1) is 15.4. The van der Waals surface area contributed by atoms with Crippen molar-refractivity contribution in [1.29, 1.82) is 0 Å². The molecular weight excluding hydrogens is 446 g/mol. The second kappa shape index (κ2) is 7.92. The molecule has 0 radical (unpaired) electrons. The number of thiocarbonyl (C=S) groups is 1. The highest BCUT2D eigenvalue weighted by molar-refractivity contribution is 7.90. The number of benzene rings is 3. The molecule has 0 aliphatic carbocycles. The van der Waals surface area contributed by atoms with Crippen molar-refractivity contribution in [2.45, 2.75) is 11.4 Å². The van der Waals surface area contributed by atoms with Crippen molar-refractivity contribution in [3.63, 3.8) is 0 Å².